The zero-order chi connectivity index (χ0) is 23.9. The van der Waals surface area contributed by atoms with E-state index in [1.165, 1.54) is 4.90 Å². The molecule has 3 amide bonds. The summed E-state index contributed by atoms with van der Waals surface area (Å²) >= 11 is 0. The van der Waals surface area contributed by atoms with E-state index in [0.29, 0.717) is 0 Å². The van der Waals surface area contributed by atoms with Crippen LogP contribution >= 0.6 is 0 Å². The fourth-order valence-electron chi connectivity index (χ4n) is 3.35. The Labute approximate surface area is 185 Å². The van der Waals surface area contributed by atoms with Crippen LogP contribution in [-0.2, 0) is 14.3 Å². The Morgan fingerprint density at radius 1 is 1.10 bits per heavy atom. The maximum Gasteiger partial charge on any atom is 0.408 e. The molecule has 31 heavy (non-hydrogen) atoms. The third-order valence-corrected chi connectivity index (χ3v) is 4.60. The van der Waals surface area contributed by atoms with Crippen LogP contribution in [0.15, 0.2) is 18.2 Å². The normalized spacial score (nSPS) is 13.4. The summed E-state index contributed by atoms with van der Waals surface area (Å²) < 4.78 is 5.21. The highest BCUT2D eigenvalue weighted by Gasteiger charge is 2.36. The van der Waals surface area contributed by atoms with Crippen molar-refractivity contribution in [1.29, 1.82) is 0 Å². The van der Waals surface area contributed by atoms with Crippen LogP contribution in [0.25, 0.3) is 0 Å². The fraction of sp³-hybridized carbons (Fsp3) is 0.609. The highest BCUT2D eigenvalue weighted by molar-refractivity contribution is 5.92. The van der Waals surface area contributed by atoms with Gasteiger partial charge in [-0.25, -0.2) is 4.79 Å². The number of hydrogen-bond donors (Lipinski definition) is 3. The van der Waals surface area contributed by atoms with Crippen LogP contribution in [0.5, 0.6) is 0 Å². The van der Waals surface area contributed by atoms with Crippen LogP contribution in [0, 0.1) is 13.8 Å². The van der Waals surface area contributed by atoms with Crippen LogP contribution in [0.3, 0.4) is 0 Å². The van der Waals surface area contributed by atoms with Crippen LogP contribution in [0.2, 0.25) is 0 Å². The number of carbonyl (C=O) groups excluding carboxylic acids is 3. The molecule has 0 fully saturated rings. The SMILES string of the molecule is CCN(C(=O)C(CO)NC(=O)OC(C)(C)C)C(C(=O)NC(C)C)c1c(C)cccc1C. The van der Waals surface area contributed by atoms with Gasteiger partial charge in [-0.05, 0) is 72.1 Å². The molecule has 2 unspecified atom stereocenters. The van der Waals surface area contributed by atoms with E-state index in [1.807, 2.05) is 45.9 Å². The van der Waals surface area contributed by atoms with Gasteiger partial charge in [0, 0.05) is 12.6 Å². The molecule has 1 rings (SSSR count). The highest BCUT2D eigenvalue weighted by atomic mass is 16.6. The number of aliphatic hydroxyl groups is 1. The molecule has 0 aliphatic carbocycles. The second-order valence-electron chi connectivity index (χ2n) is 8.88. The molecule has 3 N–H and O–H groups in total. The summed E-state index contributed by atoms with van der Waals surface area (Å²) in [4.78, 5) is 40.1. The maximum atomic E-state index is 13.3. The maximum absolute atomic E-state index is 13.3. The summed E-state index contributed by atoms with van der Waals surface area (Å²) in [5, 5.41) is 15.1. The molecule has 0 aromatic heterocycles. The molecule has 8 nitrogen and oxygen atoms in total. The first-order valence-electron chi connectivity index (χ1n) is 10.6. The summed E-state index contributed by atoms with van der Waals surface area (Å²) in [6.45, 7) is 13.9. The van der Waals surface area contributed by atoms with Crippen molar-refractivity contribution in [2.45, 2.75) is 79.1 Å². The Bertz CT molecular complexity index is 766. The molecule has 174 valence electrons. The molecule has 0 spiro atoms. The van der Waals surface area contributed by atoms with Gasteiger partial charge in [-0.2, -0.15) is 0 Å². The number of alkyl carbamates (subject to hydrolysis) is 1. The minimum absolute atomic E-state index is 0.123. The summed E-state index contributed by atoms with van der Waals surface area (Å²) in [6.07, 6.45) is -0.814. The first-order valence-corrected chi connectivity index (χ1v) is 10.6. The number of nitrogens with zero attached hydrogens (tertiary/aromatic N) is 1. The zero-order valence-electron chi connectivity index (χ0n) is 19.9. The van der Waals surface area contributed by atoms with E-state index in [-0.39, 0.29) is 18.5 Å². The number of carbonyl (C=O) groups is 3. The lowest BCUT2D eigenvalue weighted by Gasteiger charge is -2.35. The summed E-state index contributed by atoms with van der Waals surface area (Å²) in [7, 11) is 0. The molecule has 1 aromatic rings. The van der Waals surface area contributed by atoms with E-state index in [1.54, 1.807) is 27.7 Å². The molecule has 0 saturated heterocycles. The third kappa shape index (κ3) is 7.54. The minimum atomic E-state index is -1.24. The van der Waals surface area contributed by atoms with Gasteiger partial charge in [0.15, 0.2) is 0 Å². The van der Waals surface area contributed by atoms with Crippen molar-refractivity contribution >= 4 is 17.9 Å². The van der Waals surface area contributed by atoms with Crippen molar-refractivity contribution in [2.24, 2.45) is 0 Å². The summed E-state index contributed by atoms with van der Waals surface area (Å²) in [5.41, 5.74) is 1.71. The number of aliphatic hydroxyl groups excluding tert-OH is 1. The van der Waals surface area contributed by atoms with Gasteiger partial charge < -0.3 is 25.4 Å². The van der Waals surface area contributed by atoms with E-state index in [0.717, 1.165) is 16.7 Å². The smallest absolute Gasteiger partial charge is 0.408 e. The number of ether oxygens (including phenoxy) is 1. The third-order valence-electron chi connectivity index (χ3n) is 4.60. The fourth-order valence-corrected chi connectivity index (χ4v) is 3.35. The van der Waals surface area contributed by atoms with E-state index in [4.69, 9.17) is 4.74 Å². The summed E-state index contributed by atoms with van der Waals surface area (Å²) in [5.74, 6) is -0.890. The summed E-state index contributed by atoms with van der Waals surface area (Å²) in [6, 6.07) is 3.40. The average molecular weight is 436 g/mol. The molecule has 0 aliphatic heterocycles. The number of hydrogen-bond acceptors (Lipinski definition) is 5. The largest absolute Gasteiger partial charge is 0.444 e. The van der Waals surface area contributed by atoms with Gasteiger partial charge in [-0.3, -0.25) is 9.59 Å². The Kier molecular flexibility index (Phi) is 9.49. The number of aryl methyl sites for hydroxylation is 2. The highest BCUT2D eigenvalue weighted by Crippen LogP contribution is 2.28. The minimum Gasteiger partial charge on any atom is -0.444 e. The van der Waals surface area contributed by atoms with Gasteiger partial charge in [-0.15, -0.1) is 0 Å². The van der Waals surface area contributed by atoms with E-state index in [2.05, 4.69) is 10.6 Å². The Balaban J connectivity index is 3.35. The molecule has 0 bridgehead atoms. The second-order valence-corrected chi connectivity index (χ2v) is 8.88. The van der Waals surface area contributed by atoms with Gasteiger partial charge >= 0.3 is 6.09 Å². The Hall–Kier alpha value is -2.61. The van der Waals surface area contributed by atoms with Gasteiger partial charge in [0.2, 0.25) is 11.8 Å². The lowest BCUT2D eigenvalue weighted by atomic mass is 9.93. The van der Waals surface area contributed by atoms with E-state index < -0.39 is 36.3 Å². The van der Waals surface area contributed by atoms with Crippen molar-refractivity contribution in [1.82, 2.24) is 15.5 Å². The van der Waals surface area contributed by atoms with Gasteiger partial charge in [-0.1, -0.05) is 18.2 Å². The first kappa shape index (κ1) is 26.4. The zero-order valence-corrected chi connectivity index (χ0v) is 19.9. The van der Waals surface area contributed by atoms with Crippen molar-refractivity contribution in [3.05, 3.63) is 34.9 Å². The molecule has 0 heterocycles. The Morgan fingerprint density at radius 3 is 2.06 bits per heavy atom. The number of likely N-dealkylation sites (N-methyl/N-ethyl adjacent to an activating group) is 1. The lowest BCUT2D eigenvalue weighted by molar-refractivity contribution is -0.143. The van der Waals surface area contributed by atoms with E-state index in [9.17, 15) is 19.5 Å². The lowest BCUT2D eigenvalue weighted by Crippen LogP contribution is -2.54. The van der Waals surface area contributed by atoms with Crippen molar-refractivity contribution in [2.75, 3.05) is 13.2 Å². The Morgan fingerprint density at radius 2 is 1.65 bits per heavy atom. The predicted molar refractivity (Wildman–Crippen MR) is 120 cm³/mol. The molecular weight excluding hydrogens is 398 g/mol. The van der Waals surface area contributed by atoms with Crippen molar-refractivity contribution < 1.29 is 24.2 Å². The number of benzene rings is 1. The molecule has 2 atom stereocenters. The average Bonchev–Trinajstić information content (AvgIpc) is 2.62. The molecule has 0 saturated carbocycles. The first-order chi connectivity index (χ1) is 14.3. The number of amides is 3. The number of nitrogens with one attached hydrogen (secondary N) is 2. The quantitative estimate of drug-likeness (QED) is 0.582. The van der Waals surface area contributed by atoms with E-state index >= 15 is 0 Å². The monoisotopic (exact) mass is 435 g/mol. The standard InChI is InChI=1S/C23H37N3O5/c1-9-26(21(29)17(13-27)25-22(30)31-23(6,7)8)19(20(28)24-14(2)3)18-15(4)11-10-12-16(18)5/h10-12,14,17,19,27H,9,13H2,1-8H3,(H,24,28)(H,25,30). The topological polar surface area (TPSA) is 108 Å². The second kappa shape index (κ2) is 11.1. The van der Waals surface area contributed by atoms with Crippen LogP contribution < -0.4 is 10.6 Å². The molecule has 8 heteroatoms. The van der Waals surface area contributed by atoms with Crippen molar-refractivity contribution in [3.63, 3.8) is 0 Å². The molecule has 1 aromatic carbocycles. The van der Waals surface area contributed by atoms with Gasteiger partial charge in [0.25, 0.3) is 0 Å². The number of rotatable bonds is 8. The molecule has 0 aliphatic rings. The van der Waals surface area contributed by atoms with Gasteiger partial charge in [0.05, 0.1) is 6.61 Å². The van der Waals surface area contributed by atoms with Gasteiger partial charge in [0.1, 0.15) is 17.7 Å². The van der Waals surface area contributed by atoms with Crippen LogP contribution in [0.1, 0.15) is 64.3 Å². The van der Waals surface area contributed by atoms with Crippen LogP contribution in [0.4, 0.5) is 4.79 Å². The van der Waals surface area contributed by atoms with Crippen molar-refractivity contribution in [3.8, 4) is 0 Å². The predicted octanol–water partition coefficient (Wildman–Crippen LogP) is 2.60. The van der Waals surface area contributed by atoms with Crippen LogP contribution in [-0.4, -0.2) is 58.8 Å². The molecule has 0 radical (unpaired) electrons. The molecular formula is C23H37N3O5.